The number of carbonyl (C=O) groups excluding carboxylic acids is 4. The zero-order valence-electron chi connectivity index (χ0n) is 27.3. The molecule has 12 nitrogen and oxygen atoms in total. The zero-order valence-corrected chi connectivity index (χ0v) is 28.3. The highest BCUT2D eigenvalue weighted by Crippen LogP contribution is 2.40. The minimum absolute atomic E-state index is 0. The molecular formula is C34H44N2O10S. The number of hydrogen-bond acceptors (Lipinski definition) is 10. The Morgan fingerprint density at radius 3 is 1.32 bits per heavy atom. The van der Waals surface area contributed by atoms with Crippen molar-refractivity contribution in [1.82, 2.24) is 9.80 Å². The topological polar surface area (TPSA) is 130 Å². The van der Waals surface area contributed by atoms with E-state index in [9.17, 15) is 19.2 Å². The van der Waals surface area contributed by atoms with Crippen molar-refractivity contribution in [1.29, 1.82) is 0 Å². The fourth-order valence-corrected chi connectivity index (χ4v) is 5.61. The third-order valence-electron chi connectivity index (χ3n) is 7.76. The van der Waals surface area contributed by atoms with Gasteiger partial charge in [-0.15, -0.1) is 0 Å². The Kier molecular flexibility index (Phi) is 15.7. The van der Waals surface area contributed by atoms with Gasteiger partial charge in [0.25, 0.3) is 0 Å². The molecule has 256 valence electrons. The molecule has 0 unspecified atom stereocenters. The zero-order chi connectivity index (χ0) is 33.6. The number of aldehydes is 2. The van der Waals surface area contributed by atoms with Crippen LogP contribution in [0.4, 0.5) is 9.59 Å². The first kappa shape index (κ1) is 38.5. The number of benzene rings is 2. The molecule has 2 aliphatic rings. The Labute approximate surface area is 282 Å². The van der Waals surface area contributed by atoms with E-state index in [0.717, 1.165) is 34.8 Å². The highest BCUT2D eigenvalue weighted by atomic mass is 32.1. The van der Waals surface area contributed by atoms with Crippen molar-refractivity contribution in [2.45, 2.75) is 37.8 Å². The van der Waals surface area contributed by atoms with Crippen LogP contribution in [0.3, 0.4) is 0 Å². The van der Waals surface area contributed by atoms with Crippen molar-refractivity contribution in [2.24, 2.45) is 0 Å². The maximum absolute atomic E-state index is 12.2. The number of amides is 2. The summed E-state index contributed by atoms with van der Waals surface area (Å²) in [5.74, 6) is 2.42. The molecule has 2 aromatic rings. The largest absolute Gasteiger partial charge is 0.493 e. The van der Waals surface area contributed by atoms with Gasteiger partial charge in [0.1, 0.15) is 25.8 Å². The lowest BCUT2D eigenvalue weighted by molar-refractivity contribution is -0.109. The Hall–Kier alpha value is -4.65. The minimum Gasteiger partial charge on any atom is -0.493 e. The van der Waals surface area contributed by atoms with Gasteiger partial charge in [-0.05, 0) is 59.4 Å². The Bertz CT molecular complexity index is 1310. The van der Waals surface area contributed by atoms with Gasteiger partial charge in [0, 0.05) is 25.9 Å². The van der Waals surface area contributed by atoms with Crippen molar-refractivity contribution in [3.05, 3.63) is 71.8 Å². The SMILES string of the molecule is C=CCOC(=O)N1CCc2cc(OC)c(OC)cc2[C@@H]1CC=O.C=CCOC(=O)N1CCc2cc(OC)c(OC)cc2[C@H]1CC=O.S. The Balaban J connectivity index is 0.000000320. The van der Waals surface area contributed by atoms with Gasteiger partial charge in [-0.3, -0.25) is 0 Å². The first-order valence-corrected chi connectivity index (χ1v) is 14.8. The molecule has 0 fully saturated rings. The first-order chi connectivity index (χ1) is 22.3. The number of fused-ring (bicyclic) bond motifs is 2. The molecule has 0 saturated carbocycles. The Morgan fingerprint density at radius 2 is 1.02 bits per heavy atom. The van der Waals surface area contributed by atoms with Crippen LogP contribution < -0.4 is 18.9 Å². The molecular weight excluding hydrogens is 628 g/mol. The number of rotatable bonds is 12. The summed E-state index contributed by atoms with van der Waals surface area (Å²) in [7, 11) is 6.26. The predicted molar refractivity (Wildman–Crippen MR) is 180 cm³/mol. The first-order valence-electron chi connectivity index (χ1n) is 14.8. The van der Waals surface area contributed by atoms with Crippen LogP contribution in [-0.4, -0.2) is 89.3 Å². The molecule has 47 heavy (non-hydrogen) atoms. The summed E-state index contributed by atoms with van der Waals surface area (Å²) in [4.78, 5) is 49.8. The summed E-state index contributed by atoms with van der Waals surface area (Å²) in [5, 5.41) is 0. The average Bonchev–Trinajstić information content (AvgIpc) is 3.08. The van der Waals surface area contributed by atoms with Crippen LogP contribution in [0.2, 0.25) is 0 Å². The quantitative estimate of drug-likeness (QED) is 0.221. The lowest BCUT2D eigenvalue weighted by Crippen LogP contribution is -2.40. The van der Waals surface area contributed by atoms with Gasteiger partial charge >= 0.3 is 12.2 Å². The number of carbonyl (C=O) groups is 4. The van der Waals surface area contributed by atoms with Crippen LogP contribution in [0, 0.1) is 0 Å². The maximum Gasteiger partial charge on any atom is 0.410 e. The van der Waals surface area contributed by atoms with Gasteiger partial charge in [0.15, 0.2) is 23.0 Å². The number of hydrogen-bond donors (Lipinski definition) is 0. The standard InChI is InChI=1S/2C17H21NO5.H2S/c2*1-4-9-23-17(20)18-7-5-12-10-15(21-2)16(22-3)11-13(12)14(18)6-8-19;/h2*4,8,10-11,14H,1,5-7,9H2,2-3H3;1H2/t2*14-;/m10./s1. The van der Waals surface area contributed by atoms with E-state index >= 15 is 0 Å². The highest BCUT2D eigenvalue weighted by molar-refractivity contribution is 7.59. The second-order valence-electron chi connectivity index (χ2n) is 10.3. The van der Waals surface area contributed by atoms with E-state index in [4.69, 9.17) is 28.4 Å². The van der Waals surface area contributed by atoms with Gasteiger partial charge in [0.05, 0.1) is 40.5 Å². The van der Waals surface area contributed by atoms with Crippen LogP contribution >= 0.6 is 13.5 Å². The second-order valence-corrected chi connectivity index (χ2v) is 10.3. The fraction of sp³-hybridized carbons (Fsp3) is 0.412. The number of methoxy groups -OCH3 is 4. The molecule has 2 aromatic carbocycles. The molecule has 2 atom stereocenters. The number of ether oxygens (including phenoxy) is 6. The van der Waals surface area contributed by atoms with Gasteiger partial charge < -0.3 is 47.8 Å². The molecule has 0 N–H and O–H groups in total. The molecule has 0 spiro atoms. The van der Waals surface area contributed by atoms with Gasteiger partial charge in [-0.2, -0.15) is 13.5 Å². The van der Waals surface area contributed by atoms with Gasteiger partial charge in [-0.1, -0.05) is 25.3 Å². The van der Waals surface area contributed by atoms with E-state index in [1.807, 2.05) is 24.3 Å². The van der Waals surface area contributed by atoms with Crippen molar-refractivity contribution in [2.75, 3.05) is 54.7 Å². The summed E-state index contributed by atoms with van der Waals surface area (Å²) < 4.78 is 31.5. The molecule has 0 aliphatic carbocycles. The minimum atomic E-state index is -0.447. The van der Waals surface area contributed by atoms with Crippen LogP contribution in [0.25, 0.3) is 0 Å². The molecule has 13 heteroatoms. The van der Waals surface area contributed by atoms with Crippen LogP contribution in [-0.2, 0) is 31.9 Å². The van der Waals surface area contributed by atoms with Crippen LogP contribution in [0.1, 0.15) is 47.2 Å². The van der Waals surface area contributed by atoms with Crippen molar-refractivity contribution >= 4 is 38.3 Å². The third kappa shape index (κ3) is 9.22. The summed E-state index contributed by atoms with van der Waals surface area (Å²) in [5.41, 5.74) is 3.86. The van der Waals surface area contributed by atoms with Gasteiger partial charge in [0.2, 0.25) is 0 Å². The molecule has 2 amide bonds. The van der Waals surface area contributed by atoms with Crippen molar-refractivity contribution < 1.29 is 47.6 Å². The average molecular weight is 673 g/mol. The molecule has 0 bridgehead atoms. The third-order valence-corrected chi connectivity index (χ3v) is 7.76. The van der Waals surface area contributed by atoms with E-state index < -0.39 is 12.2 Å². The summed E-state index contributed by atoms with van der Waals surface area (Å²) in [6.07, 6.45) is 5.47. The molecule has 0 aromatic heterocycles. The lowest BCUT2D eigenvalue weighted by Gasteiger charge is -2.36. The molecule has 2 heterocycles. The van der Waals surface area contributed by atoms with E-state index in [-0.39, 0.29) is 51.6 Å². The molecule has 4 rings (SSSR count). The molecule has 0 radical (unpaired) electrons. The summed E-state index contributed by atoms with van der Waals surface area (Å²) >= 11 is 0. The maximum atomic E-state index is 12.2. The normalized spacial score (nSPS) is 15.9. The van der Waals surface area contributed by atoms with Crippen molar-refractivity contribution in [3.63, 3.8) is 0 Å². The summed E-state index contributed by atoms with van der Waals surface area (Å²) in [6, 6.07) is 6.73. The molecule has 0 saturated heterocycles. The lowest BCUT2D eigenvalue weighted by atomic mass is 9.90. The second kappa shape index (κ2) is 19.1. The van der Waals surface area contributed by atoms with E-state index in [0.29, 0.717) is 48.9 Å². The smallest absolute Gasteiger partial charge is 0.410 e. The predicted octanol–water partition coefficient (Wildman–Crippen LogP) is 5.14. The van der Waals surface area contributed by atoms with Crippen LogP contribution in [0.15, 0.2) is 49.6 Å². The summed E-state index contributed by atoms with van der Waals surface area (Å²) in [6.45, 7) is 8.30. The monoisotopic (exact) mass is 672 g/mol. The molecule has 2 aliphatic heterocycles. The Morgan fingerprint density at radius 1 is 0.681 bits per heavy atom. The van der Waals surface area contributed by atoms with Gasteiger partial charge in [-0.25, -0.2) is 9.59 Å². The number of nitrogens with zero attached hydrogens (tertiary/aromatic N) is 2. The van der Waals surface area contributed by atoms with E-state index in [1.54, 1.807) is 38.2 Å². The van der Waals surface area contributed by atoms with Crippen LogP contribution in [0.5, 0.6) is 23.0 Å². The van der Waals surface area contributed by atoms with Crippen molar-refractivity contribution in [3.8, 4) is 23.0 Å². The van der Waals surface area contributed by atoms with E-state index in [1.165, 1.54) is 12.2 Å². The fourth-order valence-electron chi connectivity index (χ4n) is 5.61. The van der Waals surface area contributed by atoms with E-state index in [2.05, 4.69) is 13.2 Å². The highest BCUT2D eigenvalue weighted by Gasteiger charge is 2.34.